The summed E-state index contributed by atoms with van der Waals surface area (Å²) in [5.41, 5.74) is 0. The monoisotopic (exact) mass is 345 g/mol. The average molecular weight is 346 g/mol. The first-order valence-corrected chi connectivity index (χ1v) is 9.26. The summed E-state index contributed by atoms with van der Waals surface area (Å²) in [6, 6.07) is 4.73. The van der Waals surface area contributed by atoms with E-state index in [1.54, 1.807) is 23.1 Å². The van der Waals surface area contributed by atoms with Crippen molar-refractivity contribution in [2.75, 3.05) is 5.75 Å². The minimum absolute atomic E-state index is 0.380. The summed E-state index contributed by atoms with van der Waals surface area (Å²) in [6.07, 6.45) is 3.34. The fourth-order valence-corrected chi connectivity index (χ4v) is 4.88. The van der Waals surface area contributed by atoms with Gasteiger partial charge in [0.05, 0.1) is 4.88 Å². The molecule has 2 aromatic heterocycles. The van der Waals surface area contributed by atoms with Crippen LogP contribution in [0.3, 0.4) is 0 Å². The number of thiophene rings is 1. The van der Waals surface area contributed by atoms with Gasteiger partial charge >= 0.3 is 0 Å². The first-order chi connectivity index (χ1) is 9.65. The quantitative estimate of drug-likeness (QED) is 0.584. The molecule has 2 aliphatic carbocycles. The second kappa shape index (κ2) is 4.90. The number of hydrogen-bond acceptors (Lipinski definition) is 4. The zero-order valence-corrected chi connectivity index (χ0v) is 13.8. The molecule has 0 aliphatic heterocycles. The number of rotatable bonds is 5. The Kier molecular flexibility index (Phi) is 3.29. The average Bonchev–Trinajstić information content (AvgIpc) is 3.20. The van der Waals surface area contributed by atoms with Gasteiger partial charge in [0.2, 0.25) is 0 Å². The van der Waals surface area contributed by atoms with Crippen LogP contribution in [-0.4, -0.2) is 24.9 Å². The van der Waals surface area contributed by atoms with Gasteiger partial charge in [0.1, 0.15) is 4.33 Å². The standard InChI is InChI=1S/C13H13Cl2N3S2/c14-13(15)6-8(13)7-20-12-17-16-11(10-2-1-5-19-10)18(12)9-3-4-9/h1-2,5,8-9H,3-4,6-7H2/t8-/m1/s1. The summed E-state index contributed by atoms with van der Waals surface area (Å²) >= 11 is 15.6. The Bertz CT molecular complexity index is 620. The smallest absolute Gasteiger partial charge is 0.191 e. The minimum atomic E-state index is -0.506. The largest absolute Gasteiger partial charge is 0.298 e. The lowest BCUT2D eigenvalue weighted by atomic mass is 10.4. The molecule has 0 saturated heterocycles. The van der Waals surface area contributed by atoms with Crippen LogP contribution >= 0.6 is 46.3 Å². The number of aromatic nitrogens is 3. The van der Waals surface area contributed by atoms with Gasteiger partial charge in [0.15, 0.2) is 11.0 Å². The van der Waals surface area contributed by atoms with E-state index in [0.29, 0.717) is 12.0 Å². The zero-order chi connectivity index (χ0) is 13.7. The van der Waals surface area contributed by atoms with Crippen LogP contribution in [0.5, 0.6) is 0 Å². The Morgan fingerprint density at radius 1 is 1.40 bits per heavy atom. The van der Waals surface area contributed by atoms with Crippen LogP contribution in [0.15, 0.2) is 22.7 Å². The van der Waals surface area contributed by atoms with Crippen molar-refractivity contribution in [3.63, 3.8) is 0 Å². The Labute approximate surface area is 135 Å². The third-order valence-electron chi connectivity index (χ3n) is 3.69. The van der Waals surface area contributed by atoms with Crippen LogP contribution in [-0.2, 0) is 0 Å². The summed E-state index contributed by atoms with van der Waals surface area (Å²) < 4.78 is 1.79. The van der Waals surface area contributed by atoms with Crippen molar-refractivity contribution in [2.24, 2.45) is 5.92 Å². The molecule has 20 heavy (non-hydrogen) atoms. The third kappa shape index (κ3) is 2.49. The third-order valence-corrected chi connectivity index (χ3v) is 6.58. The molecule has 0 bridgehead atoms. The van der Waals surface area contributed by atoms with Crippen molar-refractivity contribution in [3.05, 3.63) is 17.5 Å². The second-order valence-electron chi connectivity index (χ2n) is 5.36. The summed E-state index contributed by atoms with van der Waals surface area (Å²) in [5.74, 6) is 2.30. The Morgan fingerprint density at radius 3 is 2.80 bits per heavy atom. The molecule has 1 atom stereocenters. The number of halogens is 2. The zero-order valence-electron chi connectivity index (χ0n) is 10.6. The highest BCUT2D eigenvalue weighted by Gasteiger charge is 2.51. The van der Waals surface area contributed by atoms with Crippen molar-refractivity contribution in [1.82, 2.24) is 14.8 Å². The molecule has 7 heteroatoms. The molecule has 2 heterocycles. The molecule has 4 rings (SSSR count). The summed E-state index contributed by atoms with van der Waals surface area (Å²) in [6.45, 7) is 0. The summed E-state index contributed by atoms with van der Waals surface area (Å²) in [7, 11) is 0. The van der Waals surface area contributed by atoms with Crippen LogP contribution < -0.4 is 0 Å². The molecular formula is C13H13Cl2N3S2. The molecule has 2 aromatic rings. The SMILES string of the molecule is ClC1(Cl)C[C@@H]1CSc1nnc(-c2cccs2)n1C1CC1. The molecule has 2 saturated carbocycles. The topological polar surface area (TPSA) is 30.7 Å². The molecule has 2 aliphatic rings. The molecule has 0 radical (unpaired) electrons. The van der Waals surface area contributed by atoms with E-state index in [1.807, 2.05) is 0 Å². The highest BCUT2D eigenvalue weighted by molar-refractivity contribution is 7.99. The van der Waals surface area contributed by atoms with Crippen molar-refractivity contribution in [2.45, 2.75) is 34.8 Å². The second-order valence-corrected chi connectivity index (χ2v) is 8.83. The highest BCUT2D eigenvalue weighted by atomic mass is 35.5. The van der Waals surface area contributed by atoms with Crippen molar-refractivity contribution in [3.8, 4) is 10.7 Å². The van der Waals surface area contributed by atoms with E-state index in [4.69, 9.17) is 23.2 Å². The van der Waals surface area contributed by atoms with Gasteiger partial charge in [-0.15, -0.1) is 44.7 Å². The maximum Gasteiger partial charge on any atom is 0.191 e. The number of nitrogens with zero attached hydrogens (tertiary/aromatic N) is 3. The fraction of sp³-hybridized carbons (Fsp3) is 0.538. The highest BCUT2D eigenvalue weighted by Crippen LogP contribution is 2.55. The molecule has 0 amide bonds. The van der Waals surface area contributed by atoms with Crippen molar-refractivity contribution < 1.29 is 0 Å². The molecule has 0 unspecified atom stereocenters. The molecule has 0 aromatic carbocycles. The Morgan fingerprint density at radius 2 is 2.20 bits per heavy atom. The number of thioether (sulfide) groups is 1. The van der Waals surface area contributed by atoms with E-state index in [1.165, 1.54) is 17.7 Å². The van der Waals surface area contributed by atoms with Crippen molar-refractivity contribution in [1.29, 1.82) is 0 Å². The summed E-state index contributed by atoms with van der Waals surface area (Å²) in [4.78, 5) is 1.19. The van der Waals surface area contributed by atoms with Gasteiger partial charge in [-0.2, -0.15) is 0 Å². The lowest BCUT2D eigenvalue weighted by Crippen LogP contribution is -2.00. The maximum atomic E-state index is 6.09. The predicted octanol–water partition coefficient (Wildman–Crippen LogP) is 4.63. The lowest BCUT2D eigenvalue weighted by molar-refractivity contribution is 0.669. The molecular weight excluding hydrogens is 333 g/mol. The fourth-order valence-electron chi connectivity index (χ4n) is 2.24. The van der Waals surface area contributed by atoms with Crippen LogP contribution in [0.4, 0.5) is 0 Å². The van der Waals surface area contributed by atoms with E-state index < -0.39 is 4.33 Å². The Balaban J connectivity index is 1.57. The van der Waals surface area contributed by atoms with E-state index in [0.717, 1.165) is 23.2 Å². The van der Waals surface area contributed by atoms with E-state index in [-0.39, 0.29) is 0 Å². The van der Waals surface area contributed by atoms with Crippen LogP contribution in [0.2, 0.25) is 0 Å². The lowest BCUT2D eigenvalue weighted by Gasteiger charge is -2.07. The number of alkyl halides is 2. The predicted molar refractivity (Wildman–Crippen MR) is 84.9 cm³/mol. The van der Waals surface area contributed by atoms with Gasteiger partial charge in [-0.05, 0) is 30.7 Å². The van der Waals surface area contributed by atoms with Gasteiger partial charge in [-0.3, -0.25) is 4.57 Å². The van der Waals surface area contributed by atoms with E-state index in [9.17, 15) is 0 Å². The van der Waals surface area contributed by atoms with Crippen LogP contribution in [0.25, 0.3) is 10.7 Å². The molecule has 106 valence electrons. The normalized spacial score (nSPS) is 24.0. The van der Waals surface area contributed by atoms with Crippen LogP contribution in [0.1, 0.15) is 25.3 Å². The molecule has 3 nitrogen and oxygen atoms in total. The van der Waals surface area contributed by atoms with Crippen molar-refractivity contribution >= 4 is 46.3 Å². The molecule has 0 spiro atoms. The van der Waals surface area contributed by atoms with Gasteiger partial charge in [0, 0.05) is 17.7 Å². The molecule has 0 N–H and O–H groups in total. The molecule has 2 fully saturated rings. The first kappa shape index (κ1) is 13.4. The number of hydrogen-bond donors (Lipinski definition) is 0. The van der Waals surface area contributed by atoms with Gasteiger partial charge < -0.3 is 0 Å². The van der Waals surface area contributed by atoms with Crippen LogP contribution in [0, 0.1) is 5.92 Å². The Hall–Kier alpha value is -0.230. The van der Waals surface area contributed by atoms with E-state index in [2.05, 4.69) is 32.3 Å². The van der Waals surface area contributed by atoms with E-state index >= 15 is 0 Å². The minimum Gasteiger partial charge on any atom is -0.298 e. The van der Waals surface area contributed by atoms with Gasteiger partial charge in [-0.1, -0.05) is 17.8 Å². The maximum absolute atomic E-state index is 6.09. The van der Waals surface area contributed by atoms with Gasteiger partial charge in [-0.25, -0.2) is 0 Å². The first-order valence-electron chi connectivity index (χ1n) is 6.64. The summed E-state index contributed by atoms with van der Waals surface area (Å²) in [5, 5.41) is 11.9. The van der Waals surface area contributed by atoms with Gasteiger partial charge in [0.25, 0.3) is 0 Å².